The molecule has 0 bridgehead atoms. The van der Waals surface area contributed by atoms with Crippen LogP contribution in [0.15, 0.2) is 18.3 Å². The van der Waals surface area contributed by atoms with Gasteiger partial charge in [0.2, 0.25) is 5.91 Å². The summed E-state index contributed by atoms with van der Waals surface area (Å²) < 4.78 is 0. The number of carbonyl (C=O) groups is 1. The van der Waals surface area contributed by atoms with Crippen molar-refractivity contribution < 1.29 is 4.79 Å². The molecule has 0 N–H and O–H groups in total. The van der Waals surface area contributed by atoms with Crippen LogP contribution in [0.25, 0.3) is 0 Å². The van der Waals surface area contributed by atoms with Gasteiger partial charge in [0.15, 0.2) is 0 Å². The lowest BCUT2D eigenvalue weighted by atomic mass is 9.95. The van der Waals surface area contributed by atoms with Gasteiger partial charge in [0.25, 0.3) is 0 Å². The number of carbonyl (C=O) groups excluding carboxylic acids is 1. The molecule has 5 nitrogen and oxygen atoms in total. The highest BCUT2D eigenvalue weighted by atomic mass is 16.2. The number of amides is 1. The van der Waals surface area contributed by atoms with Crippen molar-refractivity contribution in [3.05, 3.63) is 23.9 Å². The molecule has 22 heavy (non-hydrogen) atoms. The summed E-state index contributed by atoms with van der Waals surface area (Å²) in [6, 6.07) is 4.35. The third kappa shape index (κ3) is 3.09. The van der Waals surface area contributed by atoms with E-state index in [4.69, 9.17) is 0 Å². The molecule has 1 aromatic rings. The zero-order valence-corrected chi connectivity index (χ0v) is 13.7. The second-order valence-corrected chi connectivity index (χ2v) is 6.43. The largest absolute Gasteiger partial charge is 0.354 e. The van der Waals surface area contributed by atoms with E-state index in [0.29, 0.717) is 0 Å². The van der Waals surface area contributed by atoms with Gasteiger partial charge in [-0.25, -0.2) is 4.98 Å². The summed E-state index contributed by atoms with van der Waals surface area (Å²) in [5.74, 6) is 1.26. The maximum Gasteiger partial charge on any atom is 0.219 e. The summed E-state index contributed by atoms with van der Waals surface area (Å²) in [5.41, 5.74) is 1.22. The molecule has 1 aromatic heterocycles. The average Bonchev–Trinajstić information content (AvgIpc) is 2.55. The van der Waals surface area contributed by atoms with Gasteiger partial charge in [-0.1, -0.05) is 6.07 Å². The number of nitrogens with zero attached hydrogens (tertiary/aromatic N) is 4. The number of anilines is 1. The zero-order valence-electron chi connectivity index (χ0n) is 13.7. The lowest BCUT2D eigenvalue weighted by Gasteiger charge is -2.39. The van der Waals surface area contributed by atoms with Crippen LogP contribution in [0, 0.1) is 0 Å². The topological polar surface area (TPSA) is 39.7 Å². The molecule has 1 amide bonds. The summed E-state index contributed by atoms with van der Waals surface area (Å²) in [6.07, 6.45) is 5.22. The Bertz CT molecular complexity index is 525. The first-order chi connectivity index (χ1) is 10.7. The fourth-order valence-electron chi connectivity index (χ4n) is 3.58. The monoisotopic (exact) mass is 302 g/mol. The van der Waals surface area contributed by atoms with Crippen LogP contribution < -0.4 is 4.90 Å². The Labute approximate surface area is 132 Å². The molecule has 2 aliphatic rings. The predicted octanol–water partition coefficient (Wildman–Crippen LogP) is 1.91. The van der Waals surface area contributed by atoms with Gasteiger partial charge in [0.05, 0.1) is 6.04 Å². The standard InChI is InChI=1S/C17H26N4O/c1-14(22)21-9-4-3-7-16(21)15-6-5-8-18-17(15)20-12-10-19(2)11-13-20/h5-6,8,16H,3-4,7,9-13H2,1-2H3. The van der Waals surface area contributed by atoms with Crippen LogP contribution in [-0.2, 0) is 4.79 Å². The number of aromatic nitrogens is 1. The van der Waals surface area contributed by atoms with Crippen LogP contribution in [0.5, 0.6) is 0 Å². The van der Waals surface area contributed by atoms with Crippen LogP contribution in [0.1, 0.15) is 37.8 Å². The maximum atomic E-state index is 12.0. The number of likely N-dealkylation sites (N-methyl/N-ethyl adjacent to an activating group) is 1. The molecule has 2 saturated heterocycles. The molecule has 0 aliphatic carbocycles. The fraction of sp³-hybridized carbons (Fsp3) is 0.647. The smallest absolute Gasteiger partial charge is 0.219 e. The van der Waals surface area contributed by atoms with E-state index in [-0.39, 0.29) is 11.9 Å². The summed E-state index contributed by atoms with van der Waals surface area (Å²) in [4.78, 5) is 23.4. The van der Waals surface area contributed by atoms with E-state index in [2.05, 4.69) is 27.9 Å². The molecule has 0 radical (unpaired) electrons. The van der Waals surface area contributed by atoms with E-state index in [0.717, 1.165) is 51.4 Å². The minimum Gasteiger partial charge on any atom is -0.354 e. The molecule has 0 spiro atoms. The quantitative estimate of drug-likeness (QED) is 0.836. The lowest BCUT2D eigenvalue weighted by molar-refractivity contribution is -0.132. The summed E-state index contributed by atoms with van der Waals surface area (Å²) >= 11 is 0. The maximum absolute atomic E-state index is 12.0. The van der Waals surface area contributed by atoms with E-state index in [1.165, 1.54) is 12.0 Å². The van der Waals surface area contributed by atoms with Crippen molar-refractivity contribution in [3.8, 4) is 0 Å². The summed E-state index contributed by atoms with van der Waals surface area (Å²) in [6.45, 7) is 6.70. The van der Waals surface area contributed by atoms with Gasteiger partial charge in [-0.3, -0.25) is 4.79 Å². The van der Waals surface area contributed by atoms with Crippen molar-refractivity contribution in [1.82, 2.24) is 14.8 Å². The third-order valence-corrected chi connectivity index (χ3v) is 4.89. The SMILES string of the molecule is CC(=O)N1CCCCC1c1cccnc1N1CCN(C)CC1. The average molecular weight is 302 g/mol. The predicted molar refractivity (Wildman–Crippen MR) is 87.9 cm³/mol. The molecule has 0 aromatic carbocycles. The van der Waals surface area contributed by atoms with Gasteiger partial charge in [-0.15, -0.1) is 0 Å². The summed E-state index contributed by atoms with van der Waals surface area (Å²) in [5, 5.41) is 0. The lowest BCUT2D eigenvalue weighted by Crippen LogP contribution is -2.46. The normalized spacial score (nSPS) is 23.6. The number of hydrogen-bond acceptors (Lipinski definition) is 4. The Hall–Kier alpha value is -1.62. The first-order valence-electron chi connectivity index (χ1n) is 8.32. The third-order valence-electron chi connectivity index (χ3n) is 4.89. The molecular formula is C17H26N4O. The van der Waals surface area contributed by atoms with E-state index >= 15 is 0 Å². The minimum absolute atomic E-state index is 0.179. The molecule has 3 rings (SSSR count). The molecule has 1 atom stereocenters. The molecular weight excluding hydrogens is 276 g/mol. The van der Waals surface area contributed by atoms with Crippen molar-refractivity contribution in [2.24, 2.45) is 0 Å². The first-order valence-corrected chi connectivity index (χ1v) is 8.32. The number of rotatable bonds is 2. The molecule has 5 heteroatoms. The van der Waals surface area contributed by atoms with E-state index in [1.54, 1.807) is 6.92 Å². The van der Waals surface area contributed by atoms with Gasteiger partial charge in [0, 0.05) is 51.4 Å². The number of piperazine rings is 1. The Morgan fingerprint density at radius 1 is 1.18 bits per heavy atom. The highest BCUT2D eigenvalue weighted by Crippen LogP contribution is 2.35. The van der Waals surface area contributed by atoms with Crippen LogP contribution in [0.3, 0.4) is 0 Å². The van der Waals surface area contributed by atoms with E-state index in [9.17, 15) is 4.79 Å². The van der Waals surface area contributed by atoms with Gasteiger partial charge in [-0.2, -0.15) is 0 Å². The highest BCUT2D eigenvalue weighted by molar-refractivity contribution is 5.74. The molecule has 1 unspecified atom stereocenters. The second kappa shape index (κ2) is 6.65. The van der Waals surface area contributed by atoms with Crippen molar-refractivity contribution >= 4 is 11.7 Å². The van der Waals surface area contributed by atoms with Gasteiger partial charge < -0.3 is 14.7 Å². The number of pyridine rings is 1. The van der Waals surface area contributed by atoms with Crippen LogP contribution >= 0.6 is 0 Å². The fourth-order valence-corrected chi connectivity index (χ4v) is 3.58. The van der Waals surface area contributed by atoms with Crippen molar-refractivity contribution in [2.45, 2.75) is 32.2 Å². The molecule has 2 fully saturated rings. The number of piperidine rings is 1. The van der Waals surface area contributed by atoms with Crippen molar-refractivity contribution in [3.63, 3.8) is 0 Å². The molecule has 0 saturated carbocycles. The van der Waals surface area contributed by atoms with Gasteiger partial charge in [-0.05, 0) is 32.4 Å². The minimum atomic E-state index is 0.179. The second-order valence-electron chi connectivity index (χ2n) is 6.43. The van der Waals surface area contributed by atoms with Crippen molar-refractivity contribution in [2.75, 3.05) is 44.7 Å². The Kier molecular flexibility index (Phi) is 4.62. The van der Waals surface area contributed by atoms with E-state index in [1.807, 2.05) is 17.2 Å². The van der Waals surface area contributed by atoms with Crippen molar-refractivity contribution in [1.29, 1.82) is 0 Å². The number of hydrogen-bond donors (Lipinski definition) is 0. The zero-order chi connectivity index (χ0) is 15.5. The Morgan fingerprint density at radius 3 is 2.68 bits per heavy atom. The number of likely N-dealkylation sites (tertiary alicyclic amines) is 1. The van der Waals surface area contributed by atoms with Gasteiger partial charge >= 0.3 is 0 Å². The van der Waals surface area contributed by atoms with E-state index < -0.39 is 0 Å². The van der Waals surface area contributed by atoms with Gasteiger partial charge in [0.1, 0.15) is 5.82 Å². The van der Waals surface area contributed by atoms with Crippen LogP contribution in [-0.4, -0.2) is 60.5 Å². The Morgan fingerprint density at radius 2 is 1.95 bits per heavy atom. The highest BCUT2D eigenvalue weighted by Gasteiger charge is 2.29. The molecule has 3 heterocycles. The molecule has 2 aliphatic heterocycles. The molecule has 120 valence electrons. The van der Waals surface area contributed by atoms with Crippen LogP contribution in [0.4, 0.5) is 5.82 Å². The summed E-state index contributed by atoms with van der Waals surface area (Å²) in [7, 11) is 2.16. The first kappa shape index (κ1) is 15.3. The Balaban J connectivity index is 1.88. The van der Waals surface area contributed by atoms with Crippen LogP contribution in [0.2, 0.25) is 0 Å².